The van der Waals surface area contributed by atoms with Crippen molar-refractivity contribution in [3.63, 3.8) is 0 Å². The van der Waals surface area contributed by atoms with E-state index < -0.39 is 0 Å². The van der Waals surface area contributed by atoms with Crippen LogP contribution in [0.4, 0.5) is 5.95 Å². The van der Waals surface area contributed by atoms with E-state index in [9.17, 15) is 0 Å². The van der Waals surface area contributed by atoms with Crippen LogP contribution in [0.5, 0.6) is 0 Å². The van der Waals surface area contributed by atoms with Gasteiger partial charge in [0.15, 0.2) is 0 Å². The van der Waals surface area contributed by atoms with E-state index in [1.54, 1.807) is 7.11 Å². The molecule has 100 valence electrons. The van der Waals surface area contributed by atoms with Crippen molar-refractivity contribution in [3.05, 3.63) is 17.5 Å². The van der Waals surface area contributed by atoms with Crippen molar-refractivity contribution in [1.82, 2.24) is 9.97 Å². The predicted molar refractivity (Wildman–Crippen MR) is 71.5 cm³/mol. The summed E-state index contributed by atoms with van der Waals surface area (Å²) in [5.41, 5.74) is 7.50. The molecule has 1 saturated heterocycles. The minimum Gasteiger partial charge on any atom is -0.377 e. The van der Waals surface area contributed by atoms with Gasteiger partial charge in [0, 0.05) is 44.2 Å². The number of rotatable bonds is 3. The van der Waals surface area contributed by atoms with E-state index in [0.29, 0.717) is 6.54 Å². The van der Waals surface area contributed by atoms with Gasteiger partial charge in [-0.2, -0.15) is 0 Å². The van der Waals surface area contributed by atoms with Crippen LogP contribution in [0.3, 0.4) is 0 Å². The third kappa shape index (κ3) is 2.62. The molecule has 1 atom stereocenters. The van der Waals surface area contributed by atoms with Gasteiger partial charge < -0.3 is 15.4 Å². The Labute approximate surface area is 108 Å². The first-order valence-electron chi connectivity index (χ1n) is 6.41. The fourth-order valence-corrected chi connectivity index (χ4v) is 2.38. The number of piperidine rings is 1. The second kappa shape index (κ2) is 5.20. The molecule has 1 aromatic rings. The summed E-state index contributed by atoms with van der Waals surface area (Å²) in [5, 5.41) is 0. The summed E-state index contributed by atoms with van der Waals surface area (Å²) in [5.74, 6) is 0.785. The summed E-state index contributed by atoms with van der Waals surface area (Å²) in [4.78, 5) is 11.2. The highest BCUT2D eigenvalue weighted by molar-refractivity contribution is 5.34. The minimum absolute atomic E-state index is 0.0952. The van der Waals surface area contributed by atoms with Crippen LogP contribution in [0.15, 0.2) is 6.20 Å². The molecule has 0 aromatic carbocycles. The molecular weight excluding hydrogens is 228 g/mol. The van der Waals surface area contributed by atoms with E-state index in [0.717, 1.165) is 43.1 Å². The Morgan fingerprint density at radius 2 is 2.33 bits per heavy atom. The number of aromatic nitrogens is 2. The molecule has 18 heavy (non-hydrogen) atoms. The standard InChI is InChI=1S/C13H22N4O/c1-10-11(7-14)8-15-12(16-10)17-6-4-5-13(2,9-17)18-3/h8H,4-7,9,14H2,1-3H3. The first-order chi connectivity index (χ1) is 8.58. The molecule has 2 N–H and O–H groups in total. The summed E-state index contributed by atoms with van der Waals surface area (Å²) in [6.45, 7) is 6.43. The highest BCUT2D eigenvalue weighted by atomic mass is 16.5. The van der Waals surface area contributed by atoms with Crippen molar-refractivity contribution in [2.45, 2.75) is 38.8 Å². The van der Waals surface area contributed by atoms with Crippen molar-refractivity contribution in [3.8, 4) is 0 Å². The average Bonchev–Trinajstić information content (AvgIpc) is 2.39. The maximum Gasteiger partial charge on any atom is 0.225 e. The van der Waals surface area contributed by atoms with E-state index in [1.165, 1.54) is 0 Å². The van der Waals surface area contributed by atoms with Crippen LogP contribution in [0.1, 0.15) is 31.0 Å². The van der Waals surface area contributed by atoms with Gasteiger partial charge >= 0.3 is 0 Å². The molecule has 1 aromatic heterocycles. The highest BCUT2D eigenvalue weighted by Crippen LogP contribution is 2.26. The second-order valence-electron chi connectivity index (χ2n) is 5.16. The summed E-state index contributed by atoms with van der Waals surface area (Å²) >= 11 is 0. The van der Waals surface area contributed by atoms with E-state index in [-0.39, 0.29) is 5.60 Å². The Morgan fingerprint density at radius 1 is 1.56 bits per heavy atom. The second-order valence-corrected chi connectivity index (χ2v) is 5.16. The van der Waals surface area contributed by atoms with Crippen molar-refractivity contribution in [2.75, 3.05) is 25.1 Å². The van der Waals surface area contributed by atoms with Crippen molar-refractivity contribution < 1.29 is 4.74 Å². The number of hydrogen-bond donors (Lipinski definition) is 1. The third-order valence-electron chi connectivity index (χ3n) is 3.72. The summed E-state index contributed by atoms with van der Waals surface area (Å²) in [6, 6.07) is 0. The van der Waals surface area contributed by atoms with Gasteiger partial charge in [0.25, 0.3) is 0 Å². The molecule has 1 aliphatic heterocycles. The quantitative estimate of drug-likeness (QED) is 0.874. The largest absolute Gasteiger partial charge is 0.377 e. The molecule has 2 rings (SSSR count). The molecule has 5 nitrogen and oxygen atoms in total. The van der Waals surface area contributed by atoms with E-state index in [2.05, 4.69) is 21.8 Å². The summed E-state index contributed by atoms with van der Waals surface area (Å²) in [7, 11) is 1.77. The van der Waals surface area contributed by atoms with Crippen LogP contribution in [-0.4, -0.2) is 35.8 Å². The molecule has 0 bridgehead atoms. The summed E-state index contributed by atoms with van der Waals surface area (Å²) < 4.78 is 5.59. The van der Waals surface area contributed by atoms with Gasteiger partial charge in [-0.25, -0.2) is 9.97 Å². The van der Waals surface area contributed by atoms with Gasteiger partial charge in [0.2, 0.25) is 5.95 Å². The molecule has 0 aliphatic carbocycles. The average molecular weight is 250 g/mol. The molecule has 0 spiro atoms. The van der Waals surface area contributed by atoms with Crippen LogP contribution in [-0.2, 0) is 11.3 Å². The number of aryl methyl sites for hydroxylation is 1. The van der Waals surface area contributed by atoms with Gasteiger partial charge in [-0.1, -0.05) is 0 Å². The molecule has 2 heterocycles. The van der Waals surface area contributed by atoms with Crippen molar-refractivity contribution >= 4 is 5.95 Å². The maximum atomic E-state index is 5.63. The first kappa shape index (κ1) is 13.2. The lowest BCUT2D eigenvalue weighted by molar-refractivity contribution is -0.00499. The topological polar surface area (TPSA) is 64.3 Å². The van der Waals surface area contributed by atoms with Crippen LogP contribution in [0, 0.1) is 6.92 Å². The first-order valence-corrected chi connectivity index (χ1v) is 6.41. The number of hydrogen-bond acceptors (Lipinski definition) is 5. The zero-order valence-electron chi connectivity index (χ0n) is 11.4. The Balaban J connectivity index is 2.18. The number of methoxy groups -OCH3 is 1. The lowest BCUT2D eigenvalue weighted by Gasteiger charge is -2.39. The summed E-state index contributed by atoms with van der Waals surface area (Å²) in [6.07, 6.45) is 4.02. The number of ether oxygens (including phenoxy) is 1. The lowest BCUT2D eigenvalue weighted by Crippen LogP contribution is -2.48. The van der Waals surface area contributed by atoms with Crippen LogP contribution in [0.2, 0.25) is 0 Å². The SMILES string of the molecule is COC1(C)CCCN(c2ncc(CN)c(C)n2)C1. The molecule has 0 saturated carbocycles. The zero-order chi connectivity index (χ0) is 13.2. The Bertz CT molecular complexity index is 423. The van der Waals surface area contributed by atoms with E-state index in [1.807, 2.05) is 13.1 Å². The van der Waals surface area contributed by atoms with Crippen LogP contribution >= 0.6 is 0 Å². The number of anilines is 1. The highest BCUT2D eigenvalue weighted by Gasteiger charge is 2.31. The molecule has 1 aliphatic rings. The fourth-order valence-electron chi connectivity index (χ4n) is 2.38. The maximum absolute atomic E-state index is 5.63. The van der Waals surface area contributed by atoms with Crippen molar-refractivity contribution in [1.29, 1.82) is 0 Å². The van der Waals surface area contributed by atoms with Crippen LogP contribution < -0.4 is 10.6 Å². The van der Waals surface area contributed by atoms with Gasteiger partial charge in [0.05, 0.1) is 5.60 Å². The molecule has 5 heteroatoms. The molecule has 1 unspecified atom stereocenters. The van der Waals surface area contributed by atoms with Gasteiger partial charge in [0.1, 0.15) is 0 Å². The Morgan fingerprint density at radius 3 is 2.94 bits per heavy atom. The van der Waals surface area contributed by atoms with Crippen molar-refractivity contribution in [2.24, 2.45) is 5.73 Å². The number of nitrogens with two attached hydrogens (primary N) is 1. The monoisotopic (exact) mass is 250 g/mol. The van der Waals surface area contributed by atoms with Gasteiger partial charge in [-0.3, -0.25) is 0 Å². The number of nitrogens with zero attached hydrogens (tertiary/aromatic N) is 3. The van der Waals surface area contributed by atoms with Crippen LogP contribution in [0.25, 0.3) is 0 Å². The molecule has 0 radical (unpaired) electrons. The fraction of sp³-hybridized carbons (Fsp3) is 0.692. The van der Waals surface area contributed by atoms with Gasteiger partial charge in [-0.05, 0) is 26.7 Å². The normalized spacial score (nSPS) is 24.3. The third-order valence-corrected chi connectivity index (χ3v) is 3.72. The minimum atomic E-state index is -0.0952. The Hall–Kier alpha value is -1.20. The van der Waals surface area contributed by atoms with E-state index >= 15 is 0 Å². The zero-order valence-corrected chi connectivity index (χ0v) is 11.4. The molecular formula is C13H22N4O. The Kier molecular flexibility index (Phi) is 3.82. The van der Waals surface area contributed by atoms with Gasteiger partial charge in [-0.15, -0.1) is 0 Å². The molecule has 1 fully saturated rings. The predicted octanol–water partition coefficient (Wildman–Crippen LogP) is 1.25. The lowest BCUT2D eigenvalue weighted by atomic mass is 9.95. The molecule has 0 amide bonds. The smallest absolute Gasteiger partial charge is 0.225 e. The van der Waals surface area contributed by atoms with E-state index in [4.69, 9.17) is 10.5 Å².